The van der Waals surface area contributed by atoms with Crippen molar-refractivity contribution in [2.24, 2.45) is 0 Å². The summed E-state index contributed by atoms with van der Waals surface area (Å²) in [5.74, 6) is 0. The van der Waals surface area contributed by atoms with Crippen LogP contribution in [0.15, 0.2) is 0 Å². The van der Waals surface area contributed by atoms with Gasteiger partial charge in [0.15, 0.2) is 0 Å². The third-order valence-corrected chi connectivity index (χ3v) is 3.10. The Kier molecular flexibility index (Phi) is 3.49. The summed E-state index contributed by atoms with van der Waals surface area (Å²) in [4.78, 5) is 10.5. The van der Waals surface area contributed by atoms with Gasteiger partial charge in [-0.15, -0.1) is 11.8 Å². The van der Waals surface area contributed by atoms with Crippen LogP contribution in [0, 0.1) is 0 Å². The van der Waals surface area contributed by atoms with E-state index in [-0.39, 0.29) is 4.45 Å². The molecule has 0 unspecified atom stereocenters. The topological polar surface area (TPSA) is 17.1 Å². The molecule has 1 aliphatic carbocycles. The molecular formula is C7H11OS2-. The van der Waals surface area contributed by atoms with Crippen molar-refractivity contribution in [3.8, 4) is 0 Å². The predicted molar refractivity (Wildman–Crippen MR) is 47.2 cm³/mol. The molecule has 0 bridgehead atoms. The Balaban J connectivity index is 2.19. The monoisotopic (exact) mass is 175 g/mol. The molecule has 3 heteroatoms. The van der Waals surface area contributed by atoms with Crippen LogP contribution in [0.2, 0.25) is 0 Å². The smallest absolute Gasteiger partial charge is 0.0688 e. The van der Waals surface area contributed by atoms with Gasteiger partial charge in [0.05, 0.1) is 4.45 Å². The molecule has 0 amide bonds. The van der Waals surface area contributed by atoms with E-state index >= 15 is 0 Å². The number of rotatable bonds is 1. The van der Waals surface area contributed by atoms with E-state index in [1.807, 2.05) is 0 Å². The standard InChI is InChI=1S/C7H12OS2/c8-7(9)10-6-4-2-1-3-5-6/h6H,1-5H2,(H,8,9)/p-1. The molecule has 1 aliphatic rings. The highest BCUT2D eigenvalue weighted by molar-refractivity contribution is 8.27. The lowest BCUT2D eigenvalue weighted by molar-refractivity contribution is 0.276. The third-order valence-electron chi connectivity index (χ3n) is 1.82. The fourth-order valence-electron chi connectivity index (χ4n) is 1.32. The van der Waals surface area contributed by atoms with E-state index in [0.29, 0.717) is 5.25 Å². The Morgan fingerprint density at radius 2 is 1.90 bits per heavy atom. The van der Waals surface area contributed by atoms with Crippen LogP contribution in [0.5, 0.6) is 0 Å². The minimum absolute atomic E-state index is 0.133. The van der Waals surface area contributed by atoms with Gasteiger partial charge >= 0.3 is 0 Å². The second-order valence-electron chi connectivity index (χ2n) is 2.63. The average molecular weight is 175 g/mol. The lowest BCUT2D eigenvalue weighted by atomic mass is 10.0. The molecule has 58 valence electrons. The molecule has 0 radical (unpaired) electrons. The van der Waals surface area contributed by atoms with Gasteiger partial charge in [-0.2, -0.15) is 0 Å². The summed E-state index contributed by atoms with van der Waals surface area (Å²) >= 11 is 5.84. The van der Waals surface area contributed by atoms with Gasteiger partial charge in [0.25, 0.3) is 0 Å². The molecule has 1 fully saturated rings. The van der Waals surface area contributed by atoms with E-state index in [1.54, 1.807) is 0 Å². The van der Waals surface area contributed by atoms with E-state index in [2.05, 4.69) is 12.6 Å². The van der Waals surface area contributed by atoms with E-state index in [1.165, 1.54) is 43.9 Å². The summed E-state index contributed by atoms with van der Waals surface area (Å²) in [5, 5.41) is 0.541. The van der Waals surface area contributed by atoms with Crippen LogP contribution in [0.25, 0.3) is 0 Å². The molecule has 0 N–H and O–H groups in total. The molecule has 0 heterocycles. The van der Waals surface area contributed by atoms with Gasteiger partial charge in [0, 0.05) is 5.25 Å². The Hall–Kier alpha value is 0.240. The van der Waals surface area contributed by atoms with Gasteiger partial charge in [0.2, 0.25) is 0 Å². The van der Waals surface area contributed by atoms with Crippen molar-refractivity contribution in [2.75, 3.05) is 0 Å². The Morgan fingerprint density at radius 3 is 2.40 bits per heavy atom. The summed E-state index contributed by atoms with van der Waals surface area (Å²) in [6.07, 6.45) is 6.27. The minimum Gasteiger partial charge on any atom is -0.730 e. The van der Waals surface area contributed by atoms with Crippen molar-refractivity contribution in [1.82, 2.24) is 0 Å². The van der Waals surface area contributed by atoms with Crippen LogP contribution in [0.4, 0.5) is 4.79 Å². The first kappa shape index (κ1) is 8.34. The highest BCUT2D eigenvalue weighted by Crippen LogP contribution is 2.28. The number of hydrogen-bond donors (Lipinski definition) is 0. The average Bonchev–Trinajstić information content (AvgIpc) is 1.88. The maximum absolute atomic E-state index is 10.5. The van der Waals surface area contributed by atoms with Crippen molar-refractivity contribution in [2.45, 2.75) is 37.4 Å². The Morgan fingerprint density at radius 1 is 1.30 bits per heavy atom. The molecule has 0 atom stereocenters. The normalized spacial score (nSPS) is 20.8. The molecule has 1 saturated carbocycles. The zero-order valence-corrected chi connectivity index (χ0v) is 7.47. The van der Waals surface area contributed by atoms with Gasteiger partial charge in [-0.25, -0.2) is 0 Å². The van der Waals surface area contributed by atoms with Gasteiger partial charge in [0.1, 0.15) is 0 Å². The first-order chi connectivity index (χ1) is 4.79. The molecule has 1 nitrogen and oxygen atoms in total. The lowest BCUT2D eigenvalue weighted by Crippen LogP contribution is -2.09. The van der Waals surface area contributed by atoms with Gasteiger partial charge in [-0.05, 0) is 12.8 Å². The molecule has 10 heavy (non-hydrogen) atoms. The molecule has 0 aliphatic heterocycles. The van der Waals surface area contributed by atoms with Gasteiger partial charge in [-0.3, -0.25) is 0 Å². The van der Waals surface area contributed by atoms with Gasteiger partial charge in [-0.1, -0.05) is 19.3 Å². The fourth-order valence-corrected chi connectivity index (χ4v) is 2.57. The molecule has 0 aromatic rings. The molecule has 1 rings (SSSR count). The van der Waals surface area contributed by atoms with Crippen LogP contribution < -0.4 is 0 Å². The van der Waals surface area contributed by atoms with Gasteiger partial charge < -0.3 is 17.4 Å². The van der Waals surface area contributed by atoms with Crippen molar-refractivity contribution >= 4 is 28.8 Å². The minimum atomic E-state index is -0.133. The largest absolute Gasteiger partial charge is 0.730 e. The zero-order valence-electron chi connectivity index (χ0n) is 5.84. The van der Waals surface area contributed by atoms with Crippen molar-refractivity contribution in [3.05, 3.63) is 0 Å². The quantitative estimate of drug-likeness (QED) is 0.570. The highest BCUT2D eigenvalue weighted by Gasteiger charge is 2.13. The maximum atomic E-state index is 10.5. The second-order valence-corrected chi connectivity index (χ2v) is 4.53. The summed E-state index contributed by atoms with van der Waals surface area (Å²) < 4.78 is -0.133. The van der Waals surface area contributed by atoms with Crippen LogP contribution in [0.1, 0.15) is 32.1 Å². The lowest BCUT2D eigenvalue weighted by Gasteiger charge is -2.21. The predicted octanol–water partition coefficient (Wildman–Crippen LogP) is 2.72. The number of thioether (sulfide) groups is 1. The number of hydrogen-bond acceptors (Lipinski definition) is 3. The Bertz CT molecular complexity index is 119. The summed E-state index contributed by atoms with van der Waals surface area (Å²) in [5.41, 5.74) is 0. The van der Waals surface area contributed by atoms with E-state index in [4.69, 9.17) is 0 Å². The second kappa shape index (κ2) is 4.19. The molecule has 0 saturated heterocycles. The third kappa shape index (κ3) is 2.88. The SMILES string of the molecule is O=C([S-])SC1CCCCC1. The molecular weight excluding hydrogens is 164 g/mol. The number of carbonyl (C=O) groups excluding carboxylic acids is 1. The molecule has 0 aromatic carbocycles. The van der Waals surface area contributed by atoms with Crippen LogP contribution in [0.3, 0.4) is 0 Å². The van der Waals surface area contributed by atoms with E-state index in [9.17, 15) is 4.79 Å². The van der Waals surface area contributed by atoms with Crippen LogP contribution in [-0.2, 0) is 12.6 Å². The summed E-state index contributed by atoms with van der Waals surface area (Å²) in [6, 6.07) is 0. The summed E-state index contributed by atoms with van der Waals surface area (Å²) in [7, 11) is 0. The number of carbonyl (C=O) groups is 1. The van der Waals surface area contributed by atoms with Crippen molar-refractivity contribution in [3.63, 3.8) is 0 Å². The summed E-state index contributed by atoms with van der Waals surface area (Å²) in [6.45, 7) is 0. The molecule has 0 aromatic heterocycles. The zero-order chi connectivity index (χ0) is 7.40. The van der Waals surface area contributed by atoms with Crippen molar-refractivity contribution < 1.29 is 4.79 Å². The van der Waals surface area contributed by atoms with Crippen LogP contribution >= 0.6 is 11.8 Å². The van der Waals surface area contributed by atoms with Crippen LogP contribution in [-0.4, -0.2) is 9.70 Å². The fraction of sp³-hybridized carbons (Fsp3) is 0.857. The first-order valence-electron chi connectivity index (χ1n) is 3.66. The highest BCUT2D eigenvalue weighted by atomic mass is 32.2. The molecule has 0 spiro atoms. The van der Waals surface area contributed by atoms with Crippen molar-refractivity contribution in [1.29, 1.82) is 0 Å². The first-order valence-corrected chi connectivity index (χ1v) is 4.95. The van der Waals surface area contributed by atoms with E-state index < -0.39 is 0 Å². The Labute approximate surface area is 71.4 Å². The maximum Gasteiger partial charge on any atom is 0.0688 e. The van der Waals surface area contributed by atoms with E-state index in [0.717, 1.165) is 0 Å².